The number of rotatable bonds is 3. The van der Waals surface area contributed by atoms with Crippen LogP contribution in [-0.4, -0.2) is 20.6 Å². The van der Waals surface area contributed by atoms with Crippen LogP contribution in [0.25, 0.3) is 10.2 Å². The topological polar surface area (TPSA) is 85.3 Å². The number of fused-ring (bicyclic) bond motifs is 1. The summed E-state index contributed by atoms with van der Waals surface area (Å²) in [6.45, 7) is 5.79. The lowest BCUT2D eigenvalue weighted by atomic mass is 10.2. The molecular formula is C15H14N2O4S. The molecule has 3 aromatic heterocycles. The fourth-order valence-corrected chi connectivity index (χ4v) is 3.41. The van der Waals surface area contributed by atoms with Crippen LogP contribution < -0.4 is 5.56 Å². The molecule has 0 saturated carbocycles. The molecule has 0 saturated heterocycles. The van der Waals surface area contributed by atoms with E-state index in [1.807, 2.05) is 13.8 Å². The maximum absolute atomic E-state index is 12.7. The van der Waals surface area contributed by atoms with Crippen LogP contribution in [0.3, 0.4) is 0 Å². The van der Waals surface area contributed by atoms with Gasteiger partial charge >= 0.3 is 5.97 Å². The Bertz CT molecular complexity index is 948. The van der Waals surface area contributed by atoms with Gasteiger partial charge in [0.1, 0.15) is 16.4 Å². The molecule has 3 aromatic rings. The number of aryl methyl sites for hydroxylation is 3. The third-order valence-electron chi connectivity index (χ3n) is 3.67. The lowest BCUT2D eigenvalue weighted by Crippen LogP contribution is -2.24. The van der Waals surface area contributed by atoms with E-state index in [0.29, 0.717) is 17.0 Å². The normalized spacial score (nSPS) is 11.2. The monoisotopic (exact) mass is 318 g/mol. The van der Waals surface area contributed by atoms with Gasteiger partial charge in [0.25, 0.3) is 5.56 Å². The highest BCUT2D eigenvalue weighted by atomic mass is 32.1. The summed E-state index contributed by atoms with van der Waals surface area (Å²) in [6, 6.07) is 2.94. The minimum Gasteiger partial charge on any atom is -0.475 e. The van der Waals surface area contributed by atoms with Crippen LogP contribution in [0, 0.1) is 20.8 Å². The second-order valence-electron chi connectivity index (χ2n) is 5.08. The molecular weight excluding hydrogens is 304 g/mol. The van der Waals surface area contributed by atoms with Crippen molar-refractivity contribution in [2.75, 3.05) is 0 Å². The summed E-state index contributed by atoms with van der Waals surface area (Å²) in [7, 11) is 0. The molecule has 0 aromatic carbocycles. The molecule has 114 valence electrons. The Morgan fingerprint density at radius 1 is 1.36 bits per heavy atom. The maximum Gasteiger partial charge on any atom is 0.371 e. The Balaban J connectivity index is 2.12. The van der Waals surface area contributed by atoms with Gasteiger partial charge in [0.05, 0.1) is 11.9 Å². The first-order valence-electron chi connectivity index (χ1n) is 6.67. The molecule has 0 aliphatic rings. The van der Waals surface area contributed by atoms with Crippen molar-refractivity contribution in [2.45, 2.75) is 27.3 Å². The lowest BCUT2D eigenvalue weighted by molar-refractivity contribution is 0.0660. The van der Waals surface area contributed by atoms with Crippen molar-refractivity contribution in [1.82, 2.24) is 9.55 Å². The van der Waals surface area contributed by atoms with Gasteiger partial charge in [-0.2, -0.15) is 0 Å². The number of hydrogen-bond acceptors (Lipinski definition) is 5. The van der Waals surface area contributed by atoms with Gasteiger partial charge in [-0.1, -0.05) is 0 Å². The van der Waals surface area contributed by atoms with Crippen molar-refractivity contribution in [3.05, 3.63) is 50.3 Å². The number of carbonyl (C=O) groups is 1. The van der Waals surface area contributed by atoms with Crippen molar-refractivity contribution in [3.8, 4) is 0 Å². The molecule has 0 aliphatic heterocycles. The summed E-state index contributed by atoms with van der Waals surface area (Å²) < 4.78 is 6.73. The summed E-state index contributed by atoms with van der Waals surface area (Å²) >= 11 is 1.50. The van der Waals surface area contributed by atoms with E-state index in [1.165, 1.54) is 22.0 Å². The summed E-state index contributed by atoms with van der Waals surface area (Å²) in [5, 5.41) is 9.50. The van der Waals surface area contributed by atoms with E-state index < -0.39 is 5.97 Å². The summed E-state index contributed by atoms with van der Waals surface area (Å²) in [6.07, 6.45) is 0. The van der Waals surface area contributed by atoms with Crippen LogP contribution in [0.15, 0.2) is 21.3 Å². The van der Waals surface area contributed by atoms with Gasteiger partial charge in [0.15, 0.2) is 0 Å². The first-order chi connectivity index (χ1) is 10.4. The van der Waals surface area contributed by atoms with Crippen LogP contribution in [0.5, 0.6) is 0 Å². The number of furan rings is 1. The van der Waals surface area contributed by atoms with Crippen LogP contribution in [0.4, 0.5) is 0 Å². The number of carboxylic acids is 1. The molecule has 3 heterocycles. The Hall–Kier alpha value is -2.41. The minimum absolute atomic E-state index is 0.127. The first-order valence-corrected chi connectivity index (χ1v) is 7.49. The zero-order chi connectivity index (χ0) is 16.0. The quantitative estimate of drug-likeness (QED) is 0.802. The van der Waals surface area contributed by atoms with Gasteiger partial charge in [0, 0.05) is 4.88 Å². The van der Waals surface area contributed by atoms with Crippen molar-refractivity contribution < 1.29 is 14.3 Å². The van der Waals surface area contributed by atoms with E-state index in [1.54, 1.807) is 13.0 Å². The highest BCUT2D eigenvalue weighted by molar-refractivity contribution is 7.18. The van der Waals surface area contributed by atoms with Crippen LogP contribution in [0.1, 0.15) is 32.6 Å². The van der Waals surface area contributed by atoms with Crippen molar-refractivity contribution in [2.24, 2.45) is 0 Å². The SMILES string of the molecule is Cc1sc2nc(C)n(Cc3ccc(C(=O)O)o3)c(=O)c2c1C. The maximum atomic E-state index is 12.7. The second kappa shape index (κ2) is 5.10. The molecule has 0 aliphatic carbocycles. The highest BCUT2D eigenvalue weighted by Crippen LogP contribution is 2.26. The molecule has 3 rings (SSSR count). The fourth-order valence-electron chi connectivity index (χ4n) is 2.35. The standard InChI is InChI=1S/C15H14N2O4S/c1-7-8(2)22-13-12(7)14(18)17(9(3)16-13)6-10-4-5-11(21-10)15(19)20/h4-5H,6H2,1-3H3,(H,19,20). The largest absolute Gasteiger partial charge is 0.475 e. The minimum atomic E-state index is -1.13. The Morgan fingerprint density at radius 2 is 2.09 bits per heavy atom. The van der Waals surface area contributed by atoms with Crippen LogP contribution in [-0.2, 0) is 6.54 Å². The van der Waals surface area contributed by atoms with Gasteiger partial charge in [-0.05, 0) is 38.5 Å². The lowest BCUT2D eigenvalue weighted by Gasteiger charge is -2.07. The average Bonchev–Trinajstić information content (AvgIpc) is 3.01. The van der Waals surface area contributed by atoms with Gasteiger partial charge in [-0.25, -0.2) is 9.78 Å². The van der Waals surface area contributed by atoms with Gasteiger partial charge in [-0.15, -0.1) is 11.3 Å². The Morgan fingerprint density at radius 3 is 2.73 bits per heavy atom. The third-order valence-corrected chi connectivity index (χ3v) is 4.77. The Labute approximate surface area is 129 Å². The Kier molecular flexibility index (Phi) is 3.37. The molecule has 1 N–H and O–H groups in total. The number of hydrogen-bond donors (Lipinski definition) is 1. The zero-order valence-electron chi connectivity index (χ0n) is 12.3. The molecule has 6 nitrogen and oxygen atoms in total. The molecule has 0 amide bonds. The summed E-state index contributed by atoms with van der Waals surface area (Å²) in [4.78, 5) is 29.8. The molecule has 0 unspecified atom stereocenters. The second-order valence-corrected chi connectivity index (χ2v) is 6.29. The average molecular weight is 318 g/mol. The van der Waals surface area contributed by atoms with E-state index >= 15 is 0 Å². The first kappa shape index (κ1) is 14.5. The predicted molar refractivity (Wildman–Crippen MR) is 82.9 cm³/mol. The molecule has 0 atom stereocenters. The van der Waals surface area contributed by atoms with E-state index in [2.05, 4.69) is 4.98 Å². The fraction of sp³-hybridized carbons (Fsp3) is 0.267. The molecule has 22 heavy (non-hydrogen) atoms. The van der Waals surface area contributed by atoms with Crippen LogP contribution in [0.2, 0.25) is 0 Å². The number of nitrogens with zero attached hydrogens (tertiary/aromatic N) is 2. The van der Waals surface area contributed by atoms with Crippen molar-refractivity contribution >= 4 is 27.5 Å². The summed E-state index contributed by atoms with van der Waals surface area (Å²) in [5.74, 6) is -0.286. The number of thiophene rings is 1. The van der Waals surface area contributed by atoms with Crippen molar-refractivity contribution in [3.63, 3.8) is 0 Å². The van der Waals surface area contributed by atoms with Crippen LogP contribution >= 0.6 is 11.3 Å². The molecule has 0 radical (unpaired) electrons. The van der Waals surface area contributed by atoms with Crippen molar-refractivity contribution in [1.29, 1.82) is 0 Å². The molecule has 0 fully saturated rings. The van der Waals surface area contributed by atoms with E-state index in [9.17, 15) is 9.59 Å². The number of aromatic nitrogens is 2. The number of aromatic carboxylic acids is 1. The summed E-state index contributed by atoms with van der Waals surface area (Å²) in [5.41, 5.74) is 0.814. The molecule has 0 spiro atoms. The predicted octanol–water partition coefficient (Wildman–Crippen LogP) is 2.72. The van der Waals surface area contributed by atoms with E-state index in [4.69, 9.17) is 9.52 Å². The van der Waals surface area contributed by atoms with E-state index in [-0.39, 0.29) is 17.9 Å². The van der Waals surface area contributed by atoms with E-state index in [0.717, 1.165) is 15.3 Å². The number of carboxylic acid groups (broad SMARTS) is 1. The third kappa shape index (κ3) is 2.23. The van der Waals surface area contributed by atoms with Gasteiger partial charge in [-0.3, -0.25) is 9.36 Å². The smallest absolute Gasteiger partial charge is 0.371 e. The van der Waals surface area contributed by atoms with Gasteiger partial charge < -0.3 is 9.52 Å². The molecule has 7 heteroatoms. The van der Waals surface area contributed by atoms with Gasteiger partial charge in [0.2, 0.25) is 5.76 Å². The highest BCUT2D eigenvalue weighted by Gasteiger charge is 2.16. The molecule has 0 bridgehead atoms. The zero-order valence-corrected chi connectivity index (χ0v) is 13.2.